The summed E-state index contributed by atoms with van der Waals surface area (Å²) in [6, 6.07) is 5.73. The normalized spacial score (nSPS) is 10.3. The van der Waals surface area contributed by atoms with Crippen molar-refractivity contribution < 1.29 is 9.15 Å². The molecule has 0 aliphatic heterocycles. The Morgan fingerprint density at radius 1 is 1.50 bits per heavy atom. The number of hydrogen-bond donors (Lipinski definition) is 1. The lowest BCUT2D eigenvalue weighted by Crippen LogP contribution is -2.12. The van der Waals surface area contributed by atoms with Gasteiger partial charge in [0.05, 0.1) is 17.8 Å². The topological polar surface area (TPSA) is 61.3 Å². The number of ether oxygens (including phenoxy) is 1. The molecule has 0 radical (unpaired) electrons. The van der Waals surface area contributed by atoms with Crippen molar-refractivity contribution in [3.63, 3.8) is 0 Å². The third kappa shape index (κ3) is 2.87. The zero-order valence-electron chi connectivity index (χ0n) is 10.1. The molecule has 2 N–H and O–H groups in total. The Balaban J connectivity index is 2.38. The summed E-state index contributed by atoms with van der Waals surface area (Å²) < 4.78 is 10.8. The lowest BCUT2D eigenvalue weighted by Gasteiger charge is -2.10. The van der Waals surface area contributed by atoms with Crippen molar-refractivity contribution >= 4 is 17.2 Å². The van der Waals surface area contributed by atoms with Gasteiger partial charge in [-0.2, -0.15) is 0 Å². The highest BCUT2D eigenvalue weighted by atomic mass is 32.1. The summed E-state index contributed by atoms with van der Waals surface area (Å²) in [6.07, 6.45) is 3.65. The summed E-state index contributed by atoms with van der Waals surface area (Å²) in [6.45, 7) is 2.54. The number of nitrogens with two attached hydrogens (primary N) is 1. The van der Waals surface area contributed by atoms with Gasteiger partial charge in [0.2, 0.25) is 5.89 Å². The van der Waals surface area contributed by atoms with Gasteiger partial charge in [0.1, 0.15) is 12.0 Å². The summed E-state index contributed by atoms with van der Waals surface area (Å²) in [7, 11) is 0. The van der Waals surface area contributed by atoms with Crippen molar-refractivity contribution in [2.75, 3.05) is 6.61 Å². The Morgan fingerprint density at radius 3 is 2.94 bits per heavy atom. The molecule has 0 atom stereocenters. The molecule has 0 aliphatic carbocycles. The van der Waals surface area contributed by atoms with Crippen LogP contribution in [0.15, 0.2) is 35.1 Å². The van der Waals surface area contributed by atoms with Gasteiger partial charge in [0, 0.05) is 17.5 Å². The lowest BCUT2D eigenvalue weighted by molar-refractivity contribution is 0.337. The van der Waals surface area contributed by atoms with Crippen molar-refractivity contribution in [3.8, 4) is 17.2 Å². The fourth-order valence-corrected chi connectivity index (χ4v) is 1.86. The zero-order chi connectivity index (χ0) is 13.0. The van der Waals surface area contributed by atoms with E-state index < -0.39 is 0 Å². The third-order valence-electron chi connectivity index (χ3n) is 2.40. The highest BCUT2D eigenvalue weighted by Crippen LogP contribution is 2.26. The number of aromatic nitrogens is 1. The predicted octanol–water partition coefficient (Wildman–Crippen LogP) is 2.57. The van der Waals surface area contributed by atoms with Crippen molar-refractivity contribution in [1.29, 1.82) is 0 Å². The molecule has 0 aliphatic rings. The summed E-state index contributed by atoms with van der Waals surface area (Å²) in [5.74, 6) is 1.36. The van der Waals surface area contributed by atoms with Gasteiger partial charge in [-0.05, 0) is 25.1 Å². The molecular weight excluding hydrogens is 248 g/mol. The van der Waals surface area contributed by atoms with Crippen LogP contribution in [0.3, 0.4) is 0 Å². The number of thiocarbonyl (C=S) groups is 1. The second-order valence-electron chi connectivity index (χ2n) is 3.74. The van der Waals surface area contributed by atoms with E-state index in [2.05, 4.69) is 4.98 Å². The molecule has 18 heavy (non-hydrogen) atoms. The largest absolute Gasteiger partial charge is 0.494 e. The first-order chi connectivity index (χ1) is 8.70. The molecule has 0 bridgehead atoms. The molecular formula is C13H14N2O2S. The van der Waals surface area contributed by atoms with Crippen LogP contribution in [0.25, 0.3) is 11.5 Å². The molecule has 0 amide bonds. The molecule has 1 heterocycles. The summed E-state index contributed by atoms with van der Waals surface area (Å²) in [5.41, 5.74) is 7.42. The van der Waals surface area contributed by atoms with E-state index in [4.69, 9.17) is 27.1 Å². The average Bonchev–Trinajstić information content (AvgIpc) is 2.84. The average molecular weight is 262 g/mol. The van der Waals surface area contributed by atoms with Gasteiger partial charge < -0.3 is 14.9 Å². The Labute approximate surface area is 111 Å². The molecule has 0 unspecified atom stereocenters. The van der Waals surface area contributed by atoms with Crippen LogP contribution in [-0.2, 0) is 6.42 Å². The molecule has 0 fully saturated rings. The number of nitrogens with zero attached hydrogens (tertiary/aromatic N) is 1. The van der Waals surface area contributed by atoms with Crippen molar-refractivity contribution in [2.45, 2.75) is 13.3 Å². The quantitative estimate of drug-likeness (QED) is 0.839. The fraction of sp³-hybridized carbons (Fsp3) is 0.231. The zero-order valence-corrected chi connectivity index (χ0v) is 10.9. The van der Waals surface area contributed by atoms with Crippen molar-refractivity contribution in [3.05, 3.63) is 36.2 Å². The number of hydrogen-bond acceptors (Lipinski definition) is 4. The molecule has 0 spiro atoms. The third-order valence-corrected chi connectivity index (χ3v) is 2.55. The van der Waals surface area contributed by atoms with E-state index in [1.807, 2.05) is 25.1 Å². The van der Waals surface area contributed by atoms with Crippen LogP contribution < -0.4 is 10.5 Å². The van der Waals surface area contributed by atoms with Crippen LogP contribution in [0.4, 0.5) is 0 Å². The molecule has 2 aromatic rings. The lowest BCUT2D eigenvalue weighted by atomic mass is 10.1. The van der Waals surface area contributed by atoms with Gasteiger partial charge in [0.15, 0.2) is 0 Å². The van der Waals surface area contributed by atoms with Crippen molar-refractivity contribution in [1.82, 2.24) is 4.98 Å². The van der Waals surface area contributed by atoms with Gasteiger partial charge in [-0.1, -0.05) is 12.2 Å². The van der Waals surface area contributed by atoms with E-state index >= 15 is 0 Å². The maximum absolute atomic E-state index is 5.60. The van der Waals surface area contributed by atoms with Crippen LogP contribution in [0, 0.1) is 0 Å². The molecule has 1 aromatic heterocycles. The van der Waals surface area contributed by atoms with E-state index in [0.717, 1.165) is 16.9 Å². The Hall–Kier alpha value is -1.88. The van der Waals surface area contributed by atoms with E-state index in [0.29, 0.717) is 23.9 Å². The van der Waals surface area contributed by atoms with Crippen LogP contribution in [0.5, 0.6) is 5.75 Å². The van der Waals surface area contributed by atoms with E-state index in [1.165, 1.54) is 0 Å². The van der Waals surface area contributed by atoms with Crippen molar-refractivity contribution in [2.24, 2.45) is 5.73 Å². The van der Waals surface area contributed by atoms with Crippen LogP contribution in [-0.4, -0.2) is 16.6 Å². The monoisotopic (exact) mass is 262 g/mol. The minimum atomic E-state index is 0.431. The molecule has 94 valence electrons. The van der Waals surface area contributed by atoms with E-state index in [1.54, 1.807) is 12.5 Å². The minimum absolute atomic E-state index is 0.431. The van der Waals surface area contributed by atoms with Gasteiger partial charge in [-0.15, -0.1) is 0 Å². The molecule has 2 rings (SSSR count). The highest BCUT2D eigenvalue weighted by molar-refractivity contribution is 7.80. The van der Waals surface area contributed by atoms with E-state index in [9.17, 15) is 0 Å². The summed E-state index contributed by atoms with van der Waals surface area (Å²) in [4.78, 5) is 4.54. The van der Waals surface area contributed by atoms with E-state index in [-0.39, 0.29) is 0 Å². The molecule has 4 nitrogen and oxygen atoms in total. The summed E-state index contributed by atoms with van der Waals surface area (Å²) in [5, 5.41) is 0. The number of rotatable bonds is 5. The molecule has 0 saturated heterocycles. The highest BCUT2D eigenvalue weighted by Gasteiger charge is 2.09. The minimum Gasteiger partial charge on any atom is -0.494 e. The SMILES string of the molecule is CCOc1ccc(-c2ncco2)cc1CC(N)=S. The first-order valence-corrected chi connectivity index (χ1v) is 6.05. The Kier molecular flexibility index (Phi) is 3.94. The molecule has 1 aromatic carbocycles. The first-order valence-electron chi connectivity index (χ1n) is 5.64. The maximum Gasteiger partial charge on any atom is 0.225 e. The van der Waals surface area contributed by atoms with Gasteiger partial charge in [-0.25, -0.2) is 4.98 Å². The molecule has 0 saturated carbocycles. The van der Waals surface area contributed by atoms with Gasteiger partial charge >= 0.3 is 0 Å². The fourth-order valence-electron chi connectivity index (χ4n) is 1.70. The Bertz CT molecular complexity index is 538. The predicted molar refractivity (Wildman–Crippen MR) is 73.6 cm³/mol. The number of oxazole rings is 1. The Morgan fingerprint density at radius 2 is 2.33 bits per heavy atom. The van der Waals surface area contributed by atoms with Gasteiger partial charge in [0.25, 0.3) is 0 Å². The van der Waals surface area contributed by atoms with Crippen LogP contribution >= 0.6 is 12.2 Å². The standard InChI is InChI=1S/C13H14N2O2S/c1-2-16-11-4-3-9(13-15-5-6-17-13)7-10(11)8-12(14)18/h3-7H,2,8H2,1H3,(H2,14,18). The van der Waals surface area contributed by atoms with Crippen LogP contribution in [0.2, 0.25) is 0 Å². The van der Waals surface area contributed by atoms with Gasteiger partial charge in [-0.3, -0.25) is 0 Å². The second kappa shape index (κ2) is 5.64. The smallest absolute Gasteiger partial charge is 0.225 e. The van der Waals surface area contributed by atoms with Crippen LogP contribution in [0.1, 0.15) is 12.5 Å². The second-order valence-corrected chi connectivity index (χ2v) is 4.26. The summed E-state index contributed by atoms with van der Waals surface area (Å²) >= 11 is 4.95. The maximum atomic E-state index is 5.60. The number of benzene rings is 1. The molecule has 5 heteroatoms. The first kappa shape index (κ1) is 12.6.